The first-order valence-corrected chi connectivity index (χ1v) is 5.71. The summed E-state index contributed by atoms with van der Waals surface area (Å²) in [6.45, 7) is 0. The molecule has 2 rings (SSSR count). The molecule has 0 unspecified atom stereocenters. The molecule has 0 aliphatic carbocycles. The lowest BCUT2D eigenvalue weighted by Gasteiger charge is -2.04. The minimum Gasteiger partial charge on any atom is -0.282 e. The summed E-state index contributed by atoms with van der Waals surface area (Å²) in [7, 11) is -3.26. The Morgan fingerprint density at radius 2 is 1.81 bits per heavy atom. The number of hydrogen-bond acceptors (Lipinski definition) is 4. The first-order chi connectivity index (χ1) is 7.34. The van der Waals surface area contributed by atoms with E-state index in [1.807, 2.05) is 0 Å². The van der Waals surface area contributed by atoms with Crippen LogP contribution in [0.25, 0.3) is 0 Å². The van der Waals surface area contributed by atoms with Crippen LogP contribution in [0.2, 0.25) is 0 Å². The van der Waals surface area contributed by atoms with E-state index in [4.69, 9.17) is 4.55 Å². The molecule has 7 heteroatoms. The van der Waals surface area contributed by atoms with Gasteiger partial charge < -0.3 is 0 Å². The maximum atomic E-state index is 11.6. The van der Waals surface area contributed by atoms with Crippen LogP contribution >= 0.6 is 0 Å². The van der Waals surface area contributed by atoms with Gasteiger partial charge in [0.1, 0.15) is 4.90 Å². The highest BCUT2D eigenvalue weighted by Gasteiger charge is 2.37. The number of carbonyl (C=O) groups is 2. The van der Waals surface area contributed by atoms with Crippen molar-refractivity contribution < 1.29 is 22.6 Å². The molecular formula is C9H7NO5S. The number of carbonyl (C=O) groups excluding carboxylic acids is 2. The Morgan fingerprint density at radius 1 is 1.19 bits per heavy atom. The summed E-state index contributed by atoms with van der Waals surface area (Å²) in [5.41, 5.74) is -0.278. The Morgan fingerprint density at radius 3 is 2.38 bits per heavy atom. The zero-order chi connectivity index (χ0) is 12.1. The molecule has 1 aliphatic heterocycles. The summed E-state index contributed by atoms with van der Waals surface area (Å²) in [6.07, 6.45) is 0. The Labute approximate surface area is 91.2 Å². The highest BCUT2D eigenvalue weighted by molar-refractivity contribution is 7.86. The van der Waals surface area contributed by atoms with Gasteiger partial charge in [-0.25, -0.2) is 0 Å². The summed E-state index contributed by atoms with van der Waals surface area (Å²) in [4.78, 5) is 23.4. The van der Waals surface area contributed by atoms with E-state index in [-0.39, 0.29) is 11.1 Å². The Bertz CT molecular complexity index is 604. The Balaban J connectivity index is 2.83. The van der Waals surface area contributed by atoms with E-state index in [0.29, 0.717) is 0 Å². The van der Waals surface area contributed by atoms with E-state index in [1.165, 1.54) is 19.2 Å². The average Bonchev–Trinajstić information content (AvgIpc) is 2.43. The van der Waals surface area contributed by atoms with Gasteiger partial charge >= 0.3 is 0 Å². The molecular weight excluding hydrogens is 234 g/mol. The van der Waals surface area contributed by atoms with Gasteiger partial charge in [0.25, 0.3) is 21.9 Å². The highest BCUT2D eigenvalue weighted by Crippen LogP contribution is 2.27. The largest absolute Gasteiger partial charge is 0.295 e. The van der Waals surface area contributed by atoms with E-state index in [0.717, 1.165) is 11.0 Å². The first-order valence-electron chi connectivity index (χ1n) is 4.27. The SMILES string of the molecule is CN1C(=O)c2cccc(S(=O)(=O)O)c2C1=O. The van der Waals surface area contributed by atoms with Crippen LogP contribution in [-0.2, 0) is 10.1 Å². The standard InChI is InChI=1S/C9H7NO5S/c1-10-8(11)5-3-2-4-6(16(13,14)15)7(5)9(10)12/h2-4H,1H3,(H,13,14,15). The van der Waals surface area contributed by atoms with Crippen molar-refractivity contribution in [3.63, 3.8) is 0 Å². The van der Waals surface area contributed by atoms with Gasteiger partial charge in [-0.05, 0) is 12.1 Å². The normalized spacial score (nSPS) is 15.5. The summed E-state index contributed by atoms with van der Waals surface area (Å²) in [6, 6.07) is 3.72. The molecule has 0 radical (unpaired) electrons. The maximum absolute atomic E-state index is 11.6. The fourth-order valence-corrected chi connectivity index (χ4v) is 2.29. The van der Waals surface area contributed by atoms with Crippen molar-refractivity contribution in [2.75, 3.05) is 7.05 Å². The quantitative estimate of drug-likeness (QED) is 0.558. The number of amides is 2. The zero-order valence-corrected chi connectivity index (χ0v) is 8.98. The summed E-state index contributed by atoms with van der Waals surface area (Å²) >= 11 is 0. The predicted molar refractivity (Wildman–Crippen MR) is 52.7 cm³/mol. The lowest BCUT2D eigenvalue weighted by molar-refractivity contribution is 0.0691. The fraction of sp³-hybridized carbons (Fsp3) is 0.111. The van der Waals surface area contributed by atoms with E-state index in [2.05, 4.69) is 0 Å². The van der Waals surface area contributed by atoms with E-state index in [9.17, 15) is 18.0 Å². The molecule has 0 saturated heterocycles. The smallest absolute Gasteiger partial charge is 0.282 e. The molecule has 0 spiro atoms. The number of nitrogens with zero attached hydrogens (tertiary/aromatic N) is 1. The summed E-state index contributed by atoms with van der Waals surface area (Å²) in [5.74, 6) is -1.31. The monoisotopic (exact) mass is 241 g/mol. The molecule has 2 amide bonds. The van der Waals surface area contributed by atoms with Crippen LogP contribution in [0.5, 0.6) is 0 Å². The zero-order valence-electron chi connectivity index (χ0n) is 8.17. The number of rotatable bonds is 1. The maximum Gasteiger partial charge on any atom is 0.295 e. The molecule has 1 aromatic rings. The van der Waals surface area contributed by atoms with Crippen LogP contribution < -0.4 is 0 Å². The molecule has 0 aromatic heterocycles. The Kier molecular flexibility index (Phi) is 2.11. The molecule has 0 fully saturated rings. The third-order valence-corrected chi connectivity index (χ3v) is 3.25. The first kappa shape index (κ1) is 10.8. The number of fused-ring (bicyclic) bond motifs is 1. The van der Waals surface area contributed by atoms with Crippen molar-refractivity contribution in [1.82, 2.24) is 4.90 Å². The predicted octanol–water partition coefficient (Wildman–Crippen LogP) is 0.159. The summed E-state index contributed by atoms with van der Waals surface area (Å²) in [5, 5.41) is 0. The van der Waals surface area contributed by atoms with Gasteiger partial charge in [-0.15, -0.1) is 0 Å². The molecule has 0 bridgehead atoms. The molecule has 1 heterocycles. The van der Waals surface area contributed by atoms with Crippen LogP contribution in [0.1, 0.15) is 20.7 Å². The van der Waals surface area contributed by atoms with Gasteiger partial charge in [0.05, 0.1) is 11.1 Å². The topological polar surface area (TPSA) is 91.8 Å². The van der Waals surface area contributed by atoms with Gasteiger partial charge in [0, 0.05) is 7.05 Å². The van der Waals surface area contributed by atoms with Gasteiger partial charge in [-0.2, -0.15) is 8.42 Å². The van der Waals surface area contributed by atoms with Gasteiger partial charge in [-0.1, -0.05) is 6.07 Å². The van der Waals surface area contributed by atoms with Crippen LogP contribution in [0, 0.1) is 0 Å². The fourth-order valence-electron chi connectivity index (χ4n) is 1.59. The van der Waals surface area contributed by atoms with Crippen LogP contribution in [0.3, 0.4) is 0 Å². The van der Waals surface area contributed by atoms with Gasteiger partial charge in [0.2, 0.25) is 0 Å². The van der Waals surface area contributed by atoms with E-state index in [1.54, 1.807) is 0 Å². The minimum absolute atomic E-state index is 0.0115. The lowest BCUT2D eigenvalue weighted by atomic mass is 10.1. The number of hydrogen-bond donors (Lipinski definition) is 1. The molecule has 1 aromatic carbocycles. The van der Waals surface area contributed by atoms with Crippen molar-refractivity contribution in [2.24, 2.45) is 0 Å². The van der Waals surface area contributed by atoms with Crippen molar-refractivity contribution in [2.45, 2.75) is 4.90 Å². The number of imide groups is 1. The van der Waals surface area contributed by atoms with Crippen molar-refractivity contribution in [3.05, 3.63) is 29.3 Å². The second-order valence-electron chi connectivity index (χ2n) is 3.32. The molecule has 1 aliphatic rings. The third kappa shape index (κ3) is 1.33. The molecule has 1 N–H and O–H groups in total. The van der Waals surface area contributed by atoms with Crippen molar-refractivity contribution in [1.29, 1.82) is 0 Å². The highest BCUT2D eigenvalue weighted by atomic mass is 32.2. The van der Waals surface area contributed by atoms with Crippen LogP contribution in [-0.4, -0.2) is 36.7 Å². The third-order valence-electron chi connectivity index (χ3n) is 2.36. The molecule has 0 saturated carbocycles. The van der Waals surface area contributed by atoms with Crippen LogP contribution in [0.4, 0.5) is 0 Å². The van der Waals surface area contributed by atoms with Gasteiger partial charge in [0.15, 0.2) is 0 Å². The van der Waals surface area contributed by atoms with Crippen molar-refractivity contribution in [3.8, 4) is 0 Å². The second kappa shape index (κ2) is 3.13. The average molecular weight is 241 g/mol. The van der Waals surface area contributed by atoms with Crippen molar-refractivity contribution >= 4 is 21.9 Å². The van der Waals surface area contributed by atoms with E-state index < -0.39 is 26.8 Å². The molecule has 6 nitrogen and oxygen atoms in total. The van der Waals surface area contributed by atoms with Crippen LogP contribution in [0.15, 0.2) is 23.1 Å². The lowest BCUT2D eigenvalue weighted by Crippen LogP contribution is -2.24. The van der Waals surface area contributed by atoms with E-state index >= 15 is 0 Å². The summed E-state index contributed by atoms with van der Waals surface area (Å²) < 4.78 is 31.0. The Hall–Kier alpha value is -1.73. The minimum atomic E-state index is -4.51. The van der Waals surface area contributed by atoms with Gasteiger partial charge in [-0.3, -0.25) is 19.0 Å². The molecule has 16 heavy (non-hydrogen) atoms. The molecule has 84 valence electrons. The number of benzene rings is 1. The second-order valence-corrected chi connectivity index (χ2v) is 4.71. The molecule has 0 atom stereocenters.